The van der Waals surface area contributed by atoms with E-state index in [0.29, 0.717) is 0 Å². The molecule has 0 aliphatic carbocycles. The van der Waals surface area contributed by atoms with Crippen molar-refractivity contribution in [3.05, 3.63) is 45.2 Å². The van der Waals surface area contributed by atoms with Gasteiger partial charge in [-0.2, -0.15) is 10.1 Å². The number of hydrogen-bond donors (Lipinski definition) is 1. The van der Waals surface area contributed by atoms with Gasteiger partial charge in [-0.3, -0.25) is 20.2 Å². The van der Waals surface area contributed by atoms with Gasteiger partial charge in [0.25, 0.3) is 11.6 Å². The van der Waals surface area contributed by atoms with Crippen molar-refractivity contribution in [2.75, 3.05) is 5.32 Å². The Morgan fingerprint density at radius 2 is 2.26 bits per heavy atom. The largest absolute Gasteiger partial charge is 0.291 e. The standard InChI is InChI=1S/C10H8ClN5O3/c1-15-10(12-5-13-15)14-9(17)7-3-2-6(16(18)19)4-8(7)11/h2-5H,1H3,(H,12,13,14,17). The summed E-state index contributed by atoms with van der Waals surface area (Å²) in [5.41, 5.74) is -0.0597. The number of anilines is 1. The number of nitro groups is 1. The van der Waals surface area contributed by atoms with Crippen molar-refractivity contribution in [2.24, 2.45) is 7.05 Å². The monoisotopic (exact) mass is 281 g/mol. The van der Waals surface area contributed by atoms with E-state index in [2.05, 4.69) is 15.4 Å². The van der Waals surface area contributed by atoms with E-state index >= 15 is 0 Å². The number of nitro benzene ring substituents is 1. The van der Waals surface area contributed by atoms with Crippen LogP contribution in [-0.4, -0.2) is 25.6 Å². The molecule has 1 aromatic heterocycles. The number of aromatic nitrogens is 3. The van der Waals surface area contributed by atoms with Crippen LogP contribution >= 0.6 is 11.6 Å². The second-order valence-electron chi connectivity index (χ2n) is 3.58. The molecule has 0 spiro atoms. The van der Waals surface area contributed by atoms with Crippen molar-refractivity contribution < 1.29 is 9.72 Å². The lowest BCUT2D eigenvalue weighted by molar-refractivity contribution is -0.384. The van der Waals surface area contributed by atoms with E-state index in [4.69, 9.17) is 11.6 Å². The number of non-ortho nitro benzene ring substituents is 1. The second-order valence-corrected chi connectivity index (χ2v) is 3.99. The molecule has 2 rings (SSSR count). The molecule has 1 amide bonds. The molecule has 0 saturated carbocycles. The van der Waals surface area contributed by atoms with Gasteiger partial charge in [0.05, 0.1) is 15.5 Å². The summed E-state index contributed by atoms with van der Waals surface area (Å²) in [4.78, 5) is 25.7. The third-order valence-electron chi connectivity index (χ3n) is 2.34. The van der Waals surface area contributed by atoms with E-state index in [1.807, 2.05) is 0 Å². The first kappa shape index (κ1) is 13.0. The summed E-state index contributed by atoms with van der Waals surface area (Å²) in [6, 6.07) is 3.61. The van der Waals surface area contributed by atoms with Crippen LogP contribution in [-0.2, 0) is 7.05 Å². The highest BCUT2D eigenvalue weighted by Crippen LogP contribution is 2.23. The SMILES string of the molecule is Cn1ncnc1NC(=O)c1ccc([N+](=O)[O-])cc1Cl. The number of hydrogen-bond acceptors (Lipinski definition) is 5. The molecule has 0 saturated heterocycles. The van der Waals surface area contributed by atoms with Crippen LogP contribution in [0.5, 0.6) is 0 Å². The molecule has 9 heteroatoms. The van der Waals surface area contributed by atoms with Crippen molar-refractivity contribution in [3.8, 4) is 0 Å². The first-order valence-corrected chi connectivity index (χ1v) is 5.46. The Hall–Kier alpha value is -2.48. The lowest BCUT2D eigenvalue weighted by atomic mass is 10.2. The van der Waals surface area contributed by atoms with Gasteiger partial charge in [-0.15, -0.1) is 0 Å². The first-order valence-electron chi connectivity index (χ1n) is 5.08. The Balaban J connectivity index is 2.25. The van der Waals surface area contributed by atoms with E-state index in [1.165, 1.54) is 23.1 Å². The van der Waals surface area contributed by atoms with Crippen molar-refractivity contribution in [1.82, 2.24) is 14.8 Å². The Bertz CT molecular complexity index is 654. The second kappa shape index (κ2) is 5.02. The minimum absolute atomic E-state index is 0.00568. The average molecular weight is 282 g/mol. The van der Waals surface area contributed by atoms with Gasteiger partial charge in [0.15, 0.2) is 0 Å². The van der Waals surface area contributed by atoms with Crippen LogP contribution < -0.4 is 5.32 Å². The molecule has 1 N–H and O–H groups in total. The van der Waals surface area contributed by atoms with Crippen molar-refractivity contribution in [2.45, 2.75) is 0 Å². The predicted octanol–water partition coefficient (Wildman–Crippen LogP) is 1.63. The number of halogens is 1. The number of aryl methyl sites for hydroxylation is 1. The zero-order valence-electron chi connectivity index (χ0n) is 9.70. The first-order chi connectivity index (χ1) is 8.99. The van der Waals surface area contributed by atoms with E-state index in [1.54, 1.807) is 7.05 Å². The fraction of sp³-hybridized carbons (Fsp3) is 0.100. The molecule has 98 valence electrons. The topological polar surface area (TPSA) is 103 Å². The van der Waals surface area contributed by atoms with Gasteiger partial charge in [0.1, 0.15) is 6.33 Å². The number of rotatable bonds is 3. The zero-order chi connectivity index (χ0) is 14.0. The van der Waals surface area contributed by atoms with E-state index in [0.717, 1.165) is 6.07 Å². The molecule has 2 aromatic rings. The summed E-state index contributed by atoms with van der Waals surface area (Å²) in [6.07, 6.45) is 1.28. The van der Waals surface area contributed by atoms with E-state index < -0.39 is 10.8 Å². The van der Waals surface area contributed by atoms with Gasteiger partial charge in [0.2, 0.25) is 5.95 Å². The molecule has 19 heavy (non-hydrogen) atoms. The third-order valence-corrected chi connectivity index (χ3v) is 2.66. The highest BCUT2D eigenvalue weighted by molar-refractivity contribution is 6.34. The number of nitrogens with one attached hydrogen (secondary N) is 1. The third kappa shape index (κ3) is 2.68. The highest BCUT2D eigenvalue weighted by atomic mass is 35.5. The molecular formula is C10H8ClN5O3. The maximum absolute atomic E-state index is 11.9. The number of amides is 1. The Morgan fingerprint density at radius 3 is 2.79 bits per heavy atom. The van der Waals surface area contributed by atoms with Crippen LogP contribution in [0, 0.1) is 10.1 Å². The van der Waals surface area contributed by atoms with Crippen molar-refractivity contribution in [3.63, 3.8) is 0 Å². The van der Waals surface area contributed by atoms with Gasteiger partial charge >= 0.3 is 0 Å². The van der Waals surface area contributed by atoms with Gasteiger partial charge in [-0.25, -0.2) is 4.68 Å². The molecule has 0 atom stereocenters. The van der Waals surface area contributed by atoms with Crippen LogP contribution in [0.2, 0.25) is 5.02 Å². The predicted molar refractivity (Wildman–Crippen MR) is 67.1 cm³/mol. The summed E-state index contributed by atoms with van der Waals surface area (Å²) in [6.45, 7) is 0. The normalized spacial score (nSPS) is 10.2. The lowest BCUT2D eigenvalue weighted by Crippen LogP contribution is -2.15. The minimum atomic E-state index is -0.587. The number of nitrogens with zero attached hydrogens (tertiary/aromatic N) is 4. The summed E-state index contributed by atoms with van der Waals surface area (Å²) in [7, 11) is 1.61. The minimum Gasteiger partial charge on any atom is -0.291 e. The summed E-state index contributed by atoms with van der Waals surface area (Å²) in [5, 5.41) is 16.8. The zero-order valence-corrected chi connectivity index (χ0v) is 10.5. The van der Waals surface area contributed by atoms with Crippen LogP contribution in [0.15, 0.2) is 24.5 Å². The molecular weight excluding hydrogens is 274 g/mol. The fourth-order valence-corrected chi connectivity index (χ4v) is 1.64. The Kier molecular flexibility index (Phi) is 3.43. The number of carbonyl (C=O) groups is 1. The molecule has 0 fully saturated rings. The van der Waals surface area contributed by atoms with E-state index in [9.17, 15) is 14.9 Å². The van der Waals surface area contributed by atoms with Crippen molar-refractivity contribution in [1.29, 1.82) is 0 Å². The summed E-state index contributed by atoms with van der Waals surface area (Å²) >= 11 is 5.84. The molecule has 0 unspecified atom stereocenters. The van der Waals surface area contributed by atoms with Gasteiger partial charge in [0, 0.05) is 19.2 Å². The Morgan fingerprint density at radius 1 is 1.53 bits per heavy atom. The molecule has 8 nitrogen and oxygen atoms in total. The maximum atomic E-state index is 11.9. The number of carbonyl (C=O) groups excluding carboxylic acids is 1. The van der Waals surface area contributed by atoms with Gasteiger partial charge < -0.3 is 0 Å². The Labute approximate surface area is 112 Å². The molecule has 1 heterocycles. The van der Waals surface area contributed by atoms with Crippen LogP contribution in [0.4, 0.5) is 11.6 Å². The van der Waals surface area contributed by atoms with E-state index in [-0.39, 0.29) is 22.2 Å². The van der Waals surface area contributed by atoms with Crippen molar-refractivity contribution >= 4 is 29.1 Å². The smallest absolute Gasteiger partial charge is 0.270 e. The molecule has 0 aliphatic rings. The van der Waals surface area contributed by atoms with Crippen LogP contribution in [0.3, 0.4) is 0 Å². The molecule has 0 radical (unpaired) electrons. The maximum Gasteiger partial charge on any atom is 0.270 e. The molecule has 0 bridgehead atoms. The average Bonchev–Trinajstić information content (AvgIpc) is 2.74. The van der Waals surface area contributed by atoms with Crippen LogP contribution in [0.25, 0.3) is 0 Å². The summed E-state index contributed by atoms with van der Waals surface area (Å²) < 4.78 is 1.37. The quantitative estimate of drug-likeness (QED) is 0.680. The summed E-state index contributed by atoms with van der Waals surface area (Å²) in [5.74, 6) is -0.268. The van der Waals surface area contributed by atoms with Gasteiger partial charge in [-0.1, -0.05) is 11.6 Å². The number of benzene rings is 1. The van der Waals surface area contributed by atoms with Crippen LogP contribution in [0.1, 0.15) is 10.4 Å². The molecule has 1 aromatic carbocycles. The highest BCUT2D eigenvalue weighted by Gasteiger charge is 2.16. The molecule has 0 aliphatic heterocycles. The lowest BCUT2D eigenvalue weighted by Gasteiger charge is -2.05. The van der Waals surface area contributed by atoms with Gasteiger partial charge in [-0.05, 0) is 6.07 Å². The fourth-order valence-electron chi connectivity index (χ4n) is 1.38.